The van der Waals surface area contributed by atoms with Crippen molar-refractivity contribution in [3.05, 3.63) is 0 Å². The molecular formula is C12H22O3. The Morgan fingerprint density at radius 3 is 2.33 bits per heavy atom. The second-order valence-electron chi connectivity index (χ2n) is 6.00. The van der Waals surface area contributed by atoms with Crippen LogP contribution in [0.2, 0.25) is 0 Å². The molecule has 3 nitrogen and oxygen atoms in total. The summed E-state index contributed by atoms with van der Waals surface area (Å²) in [5.74, 6) is 0. The largest absolute Gasteiger partial charge is 0.394 e. The van der Waals surface area contributed by atoms with Crippen LogP contribution < -0.4 is 0 Å². The monoisotopic (exact) mass is 214 g/mol. The predicted octanol–water partition coefficient (Wildman–Crippen LogP) is 1.87. The predicted molar refractivity (Wildman–Crippen MR) is 57.8 cm³/mol. The summed E-state index contributed by atoms with van der Waals surface area (Å²) in [5, 5.41) is 9.14. The van der Waals surface area contributed by atoms with Crippen molar-refractivity contribution in [1.82, 2.24) is 0 Å². The third-order valence-electron chi connectivity index (χ3n) is 3.81. The fourth-order valence-electron chi connectivity index (χ4n) is 3.25. The number of aliphatic hydroxyl groups excluding tert-OH is 1. The maximum Gasteiger partial charge on any atom is 0.0998 e. The topological polar surface area (TPSA) is 38.7 Å². The normalized spacial score (nSPS) is 42.6. The maximum atomic E-state index is 9.14. The fraction of sp³-hybridized carbons (Fsp3) is 1.00. The van der Waals surface area contributed by atoms with E-state index >= 15 is 0 Å². The molecule has 0 aromatic heterocycles. The van der Waals surface area contributed by atoms with Crippen LogP contribution in [0.3, 0.4) is 0 Å². The van der Waals surface area contributed by atoms with Crippen LogP contribution in [-0.2, 0) is 9.47 Å². The summed E-state index contributed by atoms with van der Waals surface area (Å²) < 4.78 is 12.1. The smallest absolute Gasteiger partial charge is 0.0998 e. The summed E-state index contributed by atoms with van der Waals surface area (Å²) in [6.07, 6.45) is 2.86. The van der Waals surface area contributed by atoms with Crippen molar-refractivity contribution in [2.45, 2.75) is 69.9 Å². The molecule has 2 saturated heterocycles. The van der Waals surface area contributed by atoms with Gasteiger partial charge in [-0.1, -0.05) is 0 Å². The van der Waals surface area contributed by atoms with Gasteiger partial charge in [0, 0.05) is 6.42 Å². The summed E-state index contributed by atoms with van der Waals surface area (Å²) in [6.45, 7) is 8.54. The van der Waals surface area contributed by atoms with Crippen molar-refractivity contribution < 1.29 is 14.6 Å². The van der Waals surface area contributed by atoms with Gasteiger partial charge < -0.3 is 14.6 Å². The Balaban J connectivity index is 2.22. The molecule has 3 heteroatoms. The molecule has 0 aromatic carbocycles. The Morgan fingerprint density at radius 2 is 1.93 bits per heavy atom. The average Bonchev–Trinajstić information content (AvgIpc) is 2.53. The van der Waals surface area contributed by atoms with E-state index in [1.54, 1.807) is 0 Å². The highest BCUT2D eigenvalue weighted by Crippen LogP contribution is 2.53. The van der Waals surface area contributed by atoms with E-state index in [2.05, 4.69) is 27.7 Å². The zero-order chi connectivity index (χ0) is 11.3. The number of ether oxygens (including phenoxy) is 2. The second-order valence-corrected chi connectivity index (χ2v) is 6.00. The second kappa shape index (κ2) is 3.19. The van der Waals surface area contributed by atoms with Crippen LogP contribution in [-0.4, -0.2) is 34.6 Å². The number of hydrogen-bond donors (Lipinski definition) is 1. The molecular weight excluding hydrogens is 192 g/mol. The Kier molecular flexibility index (Phi) is 2.42. The Labute approximate surface area is 91.8 Å². The lowest BCUT2D eigenvalue weighted by molar-refractivity contribution is -0.150. The first kappa shape index (κ1) is 11.4. The van der Waals surface area contributed by atoms with Gasteiger partial charge in [-0.3, -0.25) is 0 Å². The molecule has 88 valence electrons. The van der Waals surface area contributed by atoms with Crippen molar-refractivity contribution in [2.75, 3.05) is 6.61 Å². The SMILES string of the molecule is CC1(C)C[C@]2(CC[C@H](CO)O2)C(C)(C)O1. The van der Waals surface area contributed by atoms with Crippen molar-refractivity contribution in [2.24, 2.45) is 0 Å². The molecule has 15 heavy (non-hydrogen) atoms. The van der Waals surface area contributed by atoms with Crippen molar-refractivity contribution in [1.29, 1.82) is 0 Å². The standard InChI is InChI=1S/C12H22O3/c1-10(2)8-12(11(3,4)15-10)6-5-9(7-13)14-12/h9,13H,5-8H2,1-4H3/t9-,12-/m1/s1. The number of aliphatic hydroxyl groups is 1. The van der Waals surface area contributed by atoms with Crippen LogP contribution in [0.15, 0.2) is 0 Å². The van der Waals surface area contributed by atoms with Gasteiger partial charge in [0.15, 0.2) is 0 Å². The van der Waals surface area contributed by atoms with Crippen LogP contribution in [0.25, 0.3) is 0 Å². The van der Waals surface area contributed by atoms with Crippen LogP contribution >= 0.6 is 0 Å². The molecule has 1 spiro atoms. The summed E-state index contributed by atoms with van der Waals surface area (Å²) in [5.41, 5.74) is -0.557. The first-order chi connectivity index (χ1) is 6.80. The van der Waals surface area contributed by atoms with Gasteiger partial charge in [-0.05, 0) is 40.5 Å². The van der Waals surface area contributed by atoms with E-state index in [0.29, 0.717) is 0 Å². The highest BCUT2D eigenvalue weighted by atomic mass is 16.6. The fourth-order valence-corrected chi connectivity index (χ4v) is 3.25. The molecule has 0 aliphatic carbocycles. The number of hydrogen-bond acceptors (Lipinski definition) is 3. The molecule has 0 amide bonds. The van der Waals surface area contributed by atoms with E-state index < -0.39 is 0 Å². The van der Waals surface area contributed by atoms with E-state index in [4.69, 9.17) is 14.6 Å². The minimum absolute atomic E-state index is 0.00164. The maximum absolute atomic E-state index is 9.14. The van der Waals surface area contributed by atoms with Crippen LogP contribution in [0.1, 0.15) is 47.0 Å². The van der Waals surface area contributed by atoms with Crippen molar-refractivity contribution in [3.63, 3.8) is 0 Å². The summed E-state index contributed by atoms with van der Waals surface area (Å²) in [7, 11) is 0. The van der Waals surface area contributed by atoms with Crippen molar-refractivity contribution >= 4 is 0 Å². The molecule has 0 radical (unpaired) electrons. The van der Waals surface area contributed by atoms with E-state index in [0.717, 1.165) is 19.3 Å². The van der Waals surface area contributed by atoms with E-state index in [9.17, 15) is 0 Å². The Morgan fingerprint density at radius 1 is 1.27 bits per heavy atom. The van der Waals surface area contributed by atoms with E-state index in [-0.39, 0.29) is 29.5 Å². The molecule has 2 aliphatic heterocycles. The first-order valence-corrected chi connectivity index (χ1v) is 5.79. The highest BCUT2D eigenvalue weighted by molar-refractivity contribution is 5.10. The van der Waals surface area contributed by atoms with Gasteiger partial charge >= 0.3 is 0 Å². The third kappa shape index (κ3) is 1.71. The van der Waals surface area contributed by atoms with Gasteiger partial charge in [0.1, 0.15) is 0 Å². The molecule has 2 atom stereocenters. The lowest BCUT2D eigenvalue weighted by atomic mass is 9.80. The number of rotatable bonds is 1. The average molecular weight is 214 g/mol. The molecule has 0 bridgehead atoms. The Bertz CT molecular complexity index is 260. The zero-order valence-corrected chi connectivity index (χ0v) is 10.2. The van der Waals surface area contributed by atoms with Gasteiger partial charge in [-0.15, -0.1) is 0 Å². The van der Waals surface area contributed by atoms with Gasteiger partial charge in [0.2, 0.25) is 0 Å². The molecule has 2 heterocycles. The van der Waals surface area contributed by atoms with Gasteiger partial charge in [0.25, 0.3) is 0 Å². The van der Waals surface area contributed by atoms with Crippen LogP contribution in [0.5, 0.6) is 0 Å². The molecule has 0 unspecified atom stereocenters. The summed E-state index contributed by atoms with van der Waals surface area (Å²) in [6, 6.07) is 0. The first-order valence-electron chi connectivity index (χ1n) is 5.79. The molecule has 2 aliphatic rings. The summed E-state index contributed by atoms with van der Waals surface area (Å²) >= 11 is 0. The van der Waals surface area contributed by atoms with E-state index in [1.165, 1.54) is 0 Å². The molecule has 2 rings (SSSR count). The molecule has 0 aromatic rings. The Hall–Kier alpha value is -0.120. The quantitative estimate of drug-likeness (QED) is 0.724. The van der Waals surface area contributed by atoms with Crippen molar-refractivity contribution in [3.8, 4) is 0 Å². The minimum atomic E-state index is -0.250. The van der Waals surface area contributed by atoms with Gasteiger partial charge in [-0.25, -0.2) is 0 Å². The molecule has 1 N–H and O–H groups in total. The highest BCUT2D eigenvalue weighted by Gasteiger charge is 2.60. The lowest BCUT2D eigenvalue weighted by Crippen LogP contribution is -2.46. The van der Waals surface area contributed by atoms with Gasteiger partial charge in [-0.2, -0.15) is 0 Å². The molecule has 2 fully saturated rings. The van der Waals surface area contributed by atoms with Gasteiger partial charge in [0.05, 0.1) is 29.5 Å². The summed E-state index contributed by atoms with van der Waals surface area (Å²) in [4.78, 5) is 0. The lowest BCUT2D eigenvalue weighted by Gasteiger charge is -2.36. The zero-order valence-electron chi connectivity index (χ0n) is 10.2. The van der Waals surface area contributed by atoms with Crippen LogP contribution in [0, 0.1) is 0 Å². The van der Waals surface area contributed by atoms with E-state index in [1.807, 2.05) is 0 Å². The third-order valence-corrected chi connectivity index (χ3v) is 3.81. The minimum Gasteiger partial charge on any atom is -0.394 e. The molecule has 0 saturated carbocycles. The van der Waals surface area contributed by atoms with Crippen LogP contribution in [0.4, 0.5) is 0 Å².